The molecule has 2 atom stereocenters. The molecule has 0 saturated carbocycles. The van der Waals surface area contributed by atoms with Gasteiger partial charge in [-0.3, -0.25) is 4.98 Å². The fourth-order valence-corrected chi connectivity index (χ4v) is 3.09. The normalized spacial score (nSPS) is 22.2. The van der Waals surface area contributed by atoms with Gasteiger partial charge in [0.25, 0.3) is 0 Å². The van der Waals surface area contributed by atoms with E-state index in [4.69, 9.17) is 4.74 Å². The third-order valence-electron chi connectivity index (χ3n) is 4.38. The molecule has 2 heterocycles. The van der Waals surface area contributed by atoms with Gasteiger partial charge in [0.05, 0.1) is 22.9 Å². The van der Waals surface area contributed by atoms with Gasteiger partial charge in [-0.1, -0.05) is 25.1 Å². The van der Waals surface area contributed by atoms with Crippen molar-refractivity contribution in [2.24, 2.45) is 5.92 Å². The number of anilines is 1. The molecule has 2 aromatic rings. The summed E-state index contributed by atoms with van der Waals surface area (Å²) in [5.74, 6) is 0.546. The molecule has 108 valence electrons. The van der Waals surface area contributed by atoms with Gasteiger partial charge in [0.1, 0.15) is 6.07 Å². The lowest BCUT2D eigenvalue weighted by Gasteiger charge is -2.38. The summed E-state index contributed by atoms with van der Waals surface area (Å²) in [7, 11) is 1.76. The second-order valence-electron chi connectivity index (χ2n) is 5.64. The van der Waals surface area contributed by atoms with E-state index in [2.05, 4.69) is 22.9 Å². The molecule has 1 aromatic carbocycles. The molecule has 0 amide bonds. The van der Waals surface area contributed by atoms with Crippen molar-refractivity contribution in [2.45, 2.75) is 19.4 Å². The van der Waals surface area contributed by atoms with Crippen LogP contribution in [0, 0.1) is 17.2 Å². The molecule has 0 spiro atoms. The zero-order chi connectivity index (χ0) is 14.8. The average molecular weight is 281 g/mol. The van der Waals surface area contributed by atoms with E-state index < -0.39 is 0 Å². The van der Waals surface area contributed by atoms with Crippen LogP contribution in [-0.4, -0.2) is 31.3 Å². The summed E-state index contributed by atoms with van der Waals surface area (Å²) in [5, 5.41) is 10.5. The number of piperidine rings is 1. The highest BCUT2D eigenvalue weighted by molar-refractivity contribution is 5.94. The molecule has 0 N–H and O–H groups in total. The molecule has 4 heteroatoms. The maximum absolute atomic E-state index is 9.44. The number of ether oxygens (including phenoxy) is 1. The minimum atomic E-state index is 0.206. The minimum Gasteiger partial charge on any atom is -0.379 e. The van der Waals surface area contributed by atoms with Crippen LogP contribution in [0.25, 0.3) is 10.9 Å². The quantitative estimate of drug-likeness (QED) is 0.849. The number of methoxy groups -OCH3 is 1. The summed E-state index contributed by atoms with van der Waals surface area (Å²) >= 11 is 0. The second kappa shape index (κ2) is 5.71. The van der Waals surface area contributed by atoms with Gasteiger partial charge in [-0.15, -0.1) is 0 Å². The zero-order valence-electron chi connectivity index (χ0n) is 12.4. The third kappa shape index (κ3) is 2.45. The van der Waals surface area contributed by atoms with E-state index in [1.165, 1.54) is 0 Å². The van der Waals surface area contributed by atoms with Gasteiger partial charge in [-0.25, -0.2) is 0 Å². The molecular weight excluding hydrogens is 262 g/mol. The number of pyridine rings is 1. The Hall–Kier alpha value is -2.12. The number of hydrogen-bond acceptors (Lipinski definition) is 4. The Kier molecular flexibility index (Phi) is 3.76. The lowest BCUT2D eigenvalue weighted by molar-refractivity contribution is 0.0499. The Balaban J connectivity index is 2.09. The zero-order valence-corrected chi connectivity index (χ0v) is 12.4. The van der Waals surface area contributed by atoms with E-state index in [-0.39, 0.29) is 6.10 Å². The van der Waals surface area contributed by atoms with Crippen LogP contribution < -0.4 is 4.90 Å². The van der Waals surface area contributed by atoms with Gasteiger partial charge in [0.2, 0.25) is 0 Å². The van der Waals surface area contributed by atoms with Crippen LogP contribution in [-0.2, 0) is 4.74 Å². The maximum Gasteiger partial charge on any atom is 0.103 e. The lowest BCUT2D eigenvalue weighted by atomic mass is 9.94. The summed E-state index contributed by atoms with van der Waals surface area (Å²) in [6, 6.07) is 10.3. The van der Waals surface area contributed by atoms with Crippen molar-refractivity contribution in [3.63, 3.8) is 0 Å². The fourth-order valence-electron chi connectivity index (χ4n) is 3.09. The number of nitriles is 1. The van der Waals surface area contributed by atoms with Crippen molar-refractivity contribution in [3.8, 4) is 6.07 Å². The number of para-hydroxylation sites is 1. The van der Waals surface area contributed by atoms with Crippen LogP contribution >= 0.6 is 0 Å². The van der Waals surface area contributed by atoms with Crippen LogP contribution in [0.3, 0.4) is 0 Å². The van der Waals surface area contributed by atoms with Crippen LogP contribution in [0.5, 0.6) is 0 Å². The topological polar surface area (TPSA) is 49.1 Å². The summed E-state index contributed by atoms with van der Waals surface area (Å²) in [6.07, 6.45) is 2.95. The van der Waals surface area contributed by atoms with E-state index >= 15 is 0 Å². The van der Waals surface area contributed by atoms with Crippen molar-refractivity contribution in [2.75, 3.05) is 25.1 Å². The summed E-state index contributed by atoms with van der Waals surface area (Å²) < 4.78 is 5.60. The highest BCUT2D eigenvalue weighted by Gasteiger charge is 2.28. The Morgan fingerprint density at radius 3 is 2.95 bits per heavy atom. The van der Waals surface area contributed by atoms with E-state index in [0.29, 0.717) is 11.5 Å². The summed E-state index contributed by atoms with van der Waals surface area (Å²) in [5.41, 5.74) is 2.56. The number of aromatic nitrogens is 1. The van der Waals surface area contributed by atoms with Gasteiger partial charge in [-0.05, 0) is 18.4 Å². The number of rotatable bonds is 2. The summed E-state index contributed by atoms with van der Waals surface area (Å²) in [6.45, 7) is 3.99. The first kappa shape index (κ1) is 13.8. The lowest BCUT2D eigenvalue weighted by Crippen LogP contribution is -2.44. The maximum atomic E-state index is 9.44. The molecule has 1 aliphatic rings. The Morgan fingerprint density at radius 1 is 1.38 bits per heavy atom. The van der Waals surface area contributed by atoms with Crippen LogP contribution in [0.4, 0.5) is 5.69 Å². The standard InChI is InChI=1S/C17H19N3O/c1-12-7-8-20(11-16(12)21-2)17-13(9-18)10-19-15-6-4-3-5-14(15)17/h3-6,10,12,16H,7-8,11H2,1-2H3. The highest BCUT2D eigenvalue weighted by Crippen LogP contribution is 2.32. The van der Waals surface area contributed by atoms with Crippen LogP contribution in [0.15, 0.2) is 30.5 Å². The van der Waals surface area contributed by atoms with Gasteiger partial charge in [-0.2, -0.15) is 5.26 Å². The van der Waals surface area contributed by atoms with Gasteiger partial charge in [0, 0.05) is 31.8 Å². The molecule has 1 aliphatic heterocycles. The second-order valence-corrected chi connectivity index (χ2v) is 5.64. The van der Waals surface area contributed by atoms with Gasteiger partial charge in [0.15, 0.2) is 0 Å². The van der Waals surface area contributed by atoms with Crippen molar-refractivity contribution >= 4 is 16.6 Å². The SMILES string of the molecule is COC1CN(c2c(C#N)cnc3ccccc23)CCC1C. The van der Waals surface area contributed by atoms with E-state index in [1.807, 2.05) is 24.3 Å². The van der Waals surface area contributed by atoms with Crippen molar-refractivity contribution < 1.29 is 4.74 Å². The average Bonchev–Trinajstić information content (AvgIpc) is 2.54. The molecule has 4 nitrogen and oxygen atoms in total. The van der Waals surface area contributed by atoms with E-state index in [1.54, 1.807) is 13.3 Å². The first-order chi connectivity index (χ1) is 10.2. The smallest absolute Gasteiger partial charge is 0.103 e. The first-order valence-electron chi connectivity index (χ1n) is 7.30. The number of nitrogens with zero attached hydrogens (tertiary/aromatic N) is 3. The highest BCUT2D eigenvalue weighted by atomic mass is 16.5. The fraction of sp³-hybridized carbons (Fsp3) is 0.412. The Labute approximate surface area is 125 Å². The molecule has 0 aliphatic carbocycles. The van der Waals surface area contributed by atoms with Gasteiger partial charge >= 0.3 is 0 Å². The molecule has 0 bridgehead atoms. The number of benzene rings is 1. The van der Waals surface area contributed by atoms with E-state index in [0.717, 1.165) is 36.1 Å². The van der Waals surface area contributed by atoms with E-state index in [9.17, 15) is 5.26 Å². The monoisotopic (exact) mass is 281 g/mol. The number of hydrogen-bond donors (Lipinski definition) is 0. The molecule has 1 saturated heterocycles. The molecule has 3 rings (SSSR count). The predicted molar refractivity (Wildman–Crippen MR) is 83.2 cm³/mol. The molecular formula is C17H19N3O. The third-order valence-corrected chi connectivity index (χ3v) is 4.38. The molecule has 2 unspecified atom stereocenters. The molecule has 21 heavy (non-hydrogen) atoms. The van der Waals surface area contributed by atoms with Crippen molar-refractivity contribution in [3.05, 3.63) is 36.0 Å². The Morgan fingerprint density at radius 2 is 2.19 bits per heavy atom. The minimum absolute atomic E-state index is 0.206. The largest absolute Gasteiger partial charge is 0.379 e. The Bertz CT molecular complexity index is 692. The predicted octanol–water partition coefficient (Wildman–Crippen LogP) is 2.97. The molecule has 1 aromatic heterocycles. The van der Waals surface area contributed by atoms with Crippen molar-refractivity contribution in [1.29, 1.82) is 5.26 Å². The molecule has 1 fully saturated rings. The first-order valence-corrected chi connectivity index (χ1v) is 7.30. The van der Waals surface area contributed by atoms with Crippen molar-refractivity contribution in [1.82, 2.24) is 4.98 Å². The van der Waals surface area contributed by atoms with Gasteiger partial charge < -0.3 is 9.64 Å². The molecule has 0 radical (unpaired) electrons. The van der Waals surface area contributed by atoms with Crippen LogP contribution in [0.2, 0.25) is 0 Å². The number of fused-ring (bicyclic) bond motifs is 1. The summed E-state index contributed by atoms with van der Waals surface area (Å²) in [4.78, 5) is 6.66. The van der Waals surface area contributed by atoms with Crippen LogP contribution in [0.1, 0.15) is 18.9 Å².